The fraction of sp³-hybridized carbons (Fsp3) is 0.533. The summed E-state index contributed by atoms with van der Waals surface area (Å²) in [7, 11) is 0. The number of carbonyl (C=O) groups is 2. The smallest absolute Gasteiger partial charge is 0.326 e. The summed E-state index contributed by atoms with van der Waals surface area (Å²) in [5, 5.41) is 9.32. The third-order valence-corrected chi connectivity index (χ3v) is 3.93. The SMILES string of the molecule is CCN(Cc1ccccn1)C(=O)N1CCC(C)C1C(=O)O. The Morgan fingerprint density at radius 2 is 2.24 bits per heavy atom. The van der Waals surface area contributed by atoms with E-state index in [-0.39, 0.29) is 11.9 Å². The molecule has 0 aromatic carbocycles. The number of amides is 2. The van der Waals surface area contributed by atoms with E-state index in [9.17, 15) is 14.7 Å². The van der Waals surface area contributed by atoms with Crippen molar-refractivity contribution in [1.29, 1.82) is 0 Å². The van der Waals surface area contributed by atoms with Crippen LogP contribution in [0.3, 0.4) is 0 Å². The maximum atomic E-state index is 12.6. The van der Waals surface area contributed by atoms with Crippen LogP contribution in [0.2, 0.25) is 0 Å². The Kier molecular flexibility index (Phi) is 4.77. The molecule has 2 rings (SSSR count). The molecule has 1 aliphatic rings. The number of carboxylic acid groups (broad SMARTS) is 1. The van der Waals surface area contributed by atoms with E-state index < -0.39 is 12.0 Å². The topological polar surface area (TPSA) is 73.7 Å². The van der Waals surface area contributed by atoms with Gasteiger partial charge in [0.05, 0.1) is 12.2 Å². The van der Waals surface area contributed by atoms with Crippen molar-refractivity contribution < 1.29 is 14.7 Å². The van der Waals surface area contributed by atoms with Crippen LogP contribution in [-0.4, -0.2) is 51.0 Å². The monoisotopic (exact) mass is 291 g/mol. The predicted octanol–water partition coefficient (Wildman–Crippen LogP) is 1.82. The van der Waals surface area contributed by atoms with Crippen LogP contribution < -0.4 is 0 Å². The molecule has 0 radical (unpaired) electrons. The van der Waals surface area contributed by atoms with Gasteiger partial charge in [-0.3, -0.25) is 4.98 Å². The van der Waals surface area contributed by atoms with Crippen LogP contribution >= 0.6 is 0 Å². The number of likely N-dealkylation sites (tertiary alicyclic amines) is 1. The molecule has 1 aromatic rings. The fourth-order valence-corrected chi connectivity index (χ4v) is 2.72. The second kappa shape index (κ2) is 6.56. The zero-order chi connectivity index (χ0) is 15.4. The Morgan fingerprint density at radius 3 is 2.81 bits per heavy atom. The van der Waals surface area contributed by atoms with Gasteiger partial charge in [0.1, 0.15) is 6.04 Å². The number of aliphatic carboxylic acids is 1. The van der Waals surface area contributed by atoms with E-state index in [1.54, 1.807) is 11.1 Å². The summed E-state index contributed by atoms with van der Waals surface area (Å²) in [6.07, 6.45) is 2.41. The van der Waals surface area contributed by atoms with Crippen molar-refractivity contribution >= 4 is 12.0 Å². The molecule has 6 heteroatoms. The van der Waals surface area contributed by atoms with Crippen LogP contribution in [0.4, 0.5) is 4.79 Å². The third-order valence-electron chi connectivity index (χ3n) is 3.93. The van der Waals surface area contributed by atoms with Crippen molar-refractivity contribution in [2.24, 2.45) is 5.92 Å². The van der Waals surface area contributed by atoms with Crippen molar-refractivity contribution in [1.82, 2.24) is 14.8 Å². The first-order valence-corrected chi connectivity index (χ1v) is 7.22. The van der Waals surface area contributed by atoms with Crippen LogP contribution in [0.1, 0.15) is 26.0 Å². The summed E-state index contributed by atoms with van der Waals surface area (Å²) in [5.74, 6) is -0.942. The summed E-state index contributed by atoms with van der Waals surface area (Å²) < 4.78 is 0. The zero-order valence-corrected chi connectivity index (χ0v) is 12.4. The van der Waals surface area contributed by atoms with E-state index in [1.807, 2.05) is 32.0 Å². The van der Waals surface area contributed by atoms with Gasteiger partial charge in [-0.2, -0.15) is 0 Å². The number of rotatable bonds is 4. The molecule has 1 aliphatic heterocycles. The molecular weight excluding hydrogens is 270 g/mol. The van der Waals surface area contributed by atoms with Gasteiger partial charge in [0, 0.05) is 19.3 Å². The number of hydrogen-bond acceptors (Lipinski definition) is 3. The van der Waals surface area contributed by atoms with Gasteiger partial charge < -0.3 is 14.9 Å². The van der Waals surface area contributed by atoms with Crippen molar-refractivity contribution in [3.63, 3.8) is 0 Å². The highest BCUT2D eigenvalue weighted by Crippen LogP contribution is 2.25. The molecule has 21 heavy (non-hydrogen) atoms. The normalized spacial score (nSPS) is 21.3. The average Bonchev–Trinajstić information content (AvgIpc) is 2.87. The van der Waals surface area contributed by atoms with Gasteiger partial charge in [-0.1, -0.05) is 13.0 Å². The summed E-state index contributed by atoms with van der Waals surface area (Å²) in [6.45, 7) is 5.17. The summed E-state index contributed by atoms with van der Waals surface area (Å²) in [6, 6.07) is 4.61. The molecule has 6 nitrogen and oxygen atoms in total. The lowest BCUT2D eigenvalue weighted by molar-refractivity contribution is -0.142. The maximum absolute atomic E-state index is 12.6. The van der Waals surface area contributed by atoms with Crippen LogP contribution in [0.15, 0.2) is 24.4 Å². The fourth-order valence-electron chi connectivity index (χ4n) is 2.72. The second-order valence-electron chi connectivity index (χ2n) is 5.36. The van der Waals surface area contributed by atoms with Gasteiger partial charge in [-0.15, -0.1) is 0 Å². The molecule has 1 saturated heterocycles. The number of pyridine rings is 1. The molecule has 0 aliphatic carbocycles. The van der Waals surface area contributed by atoms with Crippen LogP contribution in [0, 0.1) is 5.92 Å². The highest BCUT2D eigenvalue weighted by Gasteiger charge is 2.40. The molecule has 2 heterocycles. The molecule has 0 bridgehead atoms. The van der Waals surface area contributed by atoms with E-state index in [0.29, 0.717) is 19.6 Å². The van der Waals surface area contributed by atoms with Crippen molar-refractivity contribution in [3.05, 3.63) is 30.1 Å². The third kappa shape index (κ3) is 3.32. The quantitative estimate of drug-likeness (QED) is 0.918. The minimum absolute atomic E-state index is 0.0139. The number of urea groups is 1. The summed E-state index contributed by atoms with van der Waals surface area (Å²) in [4.78, 5) is 31.3. The zero-order valence-electron chi connectivity index (χ0n) is 12.4. The standard InChI is InChI=1S/C15H21N3O3/c1-3-17(10-12-6-4-5-8-16-12)15(21)18-9-7-11(2)13(18)14(19)20/h4-6,8,11,13H,3,7,9-10H2,1-2H3,(H,19,20). The largest absolute Gasteiger partial charge is 0.480 e. The summed E-state index contributed by atoms with van der Waals surface area (Å²) >= 11 is 0. The van der Waals surface area contributed by atoms with Crippen LogP contribution in [-0.2, 0) is 11.3 Å². The lowest BCUT2D eigenvalue weighted by atomic mass is 10.0. The Hall–Kier alpha value is -2.11. The van der Waals surface area contributed by atoms with E-state index in [1.165, 1.54) is 4.90 Å². The van der Waals surface area contributed by atoms with Crippen molar-refractivity contribution in [2.45, 2.75) is 32.9 Å². The first-order chi connectivity index (χ1) is 10.0. The van der Waals surface area contributed by atoms with Gasteiger partial charge in [0.15, 0.2) is 0 Å². The molecule has 1 aromatic heterocycles. The molecule has 114 valence electrons. The number of carbonyl (C=O) groups excluding carboxylic acids is 1. The molecule has 2 atom stereocenters. The Balaban J connectivity index is 2.11. The van der Waals surface area contributed by atoms with Crippen LogP contribution in [0.5, 0.6) is 0 Å². The summed E-state index contributed by atoms with van der Waals surface area (Å²) in [5.41, 5.74) is 0.798. The second-order valence-corrected chi connectivity index (χ2v) is 5.36. The lowest BCUT2D eigenvalue weighted by Gasteiger charge is -2.30. The van der Waals surface area contributed by atoms with E-state index >= 15 is 0 Å². The average molecular weight is 291 g/mol. The van der Waals surface area contributed by atoms with Gasteiger partial charge in [0.25, 0.3) is 0 Å². The van der Waals surface area contributed by atoms with E-state index in [0.717, 1.165) is 12.1 Å². The number of aromatic nitrogens is 1. The Bertz CT molecular complexity index is 506. The molecule has 0 spiro atoms. The lowest BCUT2D eigenvalue weighted by Crippen LogP contribution is -2.49. The number of hydrogen-bond donors (Lipinski definition) is 1. The van der Waals surface area contributed by atoms with E-state index in [2.05, 4.69) is 4.98 Å². The van der Waals surface area contributed by atoms with Gasteiger partial charge >= 0.3 is 12.0 Å². The molecule has 1 fully saturated rings. The Labute approximate surface area is 124 Å². The highest BCUT2D eigenvalue weighted by molar-refractivity contribution is 5.83. The first-order valence-electron chi connectivity index (χ1n) is 7.22. The maximum Gasteiger partial charge on any atom is 0.326 e. The van der Waals surface area contributed by atoms with E-state index in [4.69, 9.17) is 0 Å². The highest BCUT2D eigenvalue weighted by atomic mass is 16.4. The van der Waals surface area contributed by atoms with Gasteiger partial charge in [-0.05, 0) is 31.4 Å². The first kappa shape index (κ1) is 15.3. The number of carboxylic acids is 1. The minimum atomic E-state index is -0.928. The molecular formula is C15H21N3O3. The molecule has 2 amide bonds. The Morgan fingerprint density at radius 1 is 1.48 bits per heavy atom. The van der Waals surface area contributed by atoms with Crippen molar-refractivity contribution in [3.8, 4) is 0 Å². The minimum Gasteiger partial charge on any atom is -0.480 e. The molecule has 1 N–H and O–H groups in total. The molecule has 2 unspecified atom stereocenters. The predicted molar refractivity (Wildman–Crippen MR) is 77.6 cm³/mol. The molecule has 0 saturated carbocycles. The van der Waals surface area contributed by atoms with Gasteiger partial charge in [0.2, 0.25) is 0 Å². The van der Waals surface area contributed by atoms with Crippen LogP contribution in [0.25, 0.3) is 0 Å². The van der Waals surface area contributed by atoms with Crippen molar-refractivity contribution in [2.75, 3.05) is 13.1 Å². The number of nitrogens with zero attached hydrogens (tertiary/aromatic N) is 3. The van der Waals surface area contributed by atoms with Gasteiger partial charge in [-0.25, -0.2) is 9.59 Å².